The number of carbonyl (C=O) groups is 2. The second-order valence-electron chi connectivity index (χ2n) is 8.39. The molecule has 1 saturated carbocycles. The van der Waals surface area contributed by atoms with Crippen molar-refractivity contribution in [3.63, 3.8) is 0 Å². The van der Waals surface area contributed by atoms with Crippen LogP contribution in [0.15, 0.2) is 36.4 Å². The van der Waals surface area contributed by atoms with E-state index in [1.807, 2.05) is 0 Å². The van der Waals surface area contributed by atoms with Crippen LogP contribution in [0.5, 0.6) is 0 Å². The van der Waals surface area contributed by atoms with Crippen LogP contribution in [0, 0.1) is 5.92 Å². The first kappa shape index (κ1) is 24.1. The van der Waals surface area contributed by atoms with Gasteiger partial charge in [0, 0.05) is 12.0 Å². The van der Waals surface area contributed by atoms with Gasteiger partial charge in [0.15, 0.2) is 5.78 Å². The van der Waals surface area contributed by atoms with Gasteiger partial charge in [-0.05, 0) is 72.6 Å². The summed E-state index contributed by atoms with van der Waals surface area (Å²) in [5.74, 6) is -0.312. The third-order valence-electron chi connectivity index (χ3n) is 5.89. The monoisotopic (exact) mass is 515 g/mol. The Morgan fingerprint density at radius 3 is 2.27 bits per heavy atom. The largest absolute Gasteiger partial charge is 0.417 e. The Kier molecular flexibility index (Phi) is 6.81. The molecule has 0 spiro atoms. The second kappa shape index (κ2) is 9.32. The fourth-order valence-electron chi connectivity index (χ4n) is 4.01. The fourth-order valence-corrected chi connectivity index (χ4v) is 4.61. The van der Waals surface area contributed by atoms with Crippen molar-refractivity contribution < 1.29 is 22.8 Å². The minimum absolute atomic E-state index is 0.00791. The highest BCUT2D eigenvalue weighted by Crippen LogP contribution is 2.40. The average molecular weight is 517 g/mol. The zero-order valence-electron chi connectivity index (χ0n) is 17.2. The number of benzene rings is 2. The van der Waals surface area contributed by atoms with Crippen molar-refractivity contribution in [1.29, 1.82) is 0 Å². The Morgan fingerprint density at radius 2 is 1.67 bits per heavy atom. The van der Waals surface area contributed by atoms with Gasteiger partial charge in [-0.3, -0.25) is 9.59 Å². The summed E-state index contributed by atoms with van der Waals surface area (Å²) in [6.07, 6.45) is -0.265. The van der Waals surface area contributed by atoms with Crippen LogP contribution in [-0.2, 0) is 11.2 Å². The van der Waals surface area contributed by atoms with E-state index in [2.05, 4.69) is 5.32 Å². The minimum Gasteiger partial charge on any atom is -0.349 e. The second-order valence-corrected chi connectivity index (χ2v) is 9.59. The Balaban J connectivity index is 1.58. The predicted octanol–water partition coefficient (Wildman–Crippen LogP) is 7.38. The number of rotatable bonds is 6. The van der Waals surface area contributed by atoms with E-state index in [4.69, 9.17) is 34.8 Å². The van der Waals surface area contributed by atoms with Gasteiger partial charge in [-0.2, -0.15) is 13.2 Å². The Hall–Kier alpha value is -2.02. The molecule has 0 bridgehead atoms. The number of fused-ring (bicyclic) bond motifs is 1. The van der Waals surface area contributed by atoms with Gasteiger partial charge in [-0.1, -0.05) is 46.9 Å². The summed E-state index contributed by atoms with van der Waals surface area (Å²) in [6.45, 7) is 0. The molecule has 2 aliphatic carbocycles. The highest BCUT2D eigenvalue weighted by Gasteiger charge is 2.36. The Morgan fingerprint density at radius 1 is 1.00 bits per heavy atom. The molecule has 1 fully saturated rings. The van der Waals surface area contributed by atoms with E-state index < -0.39 is 17.5 Å². The van der Waals surface area contributed by atoms with Gasteiger partial charge in [-0.25, -0.2) is 0 Å². The molecule has 1 N–H and O–H groups in total. The van der Waals surface area contributed by atoms with Crippen molar-refractivity contribution in [2.24, 2.45) is 5.92 Å². The van der Waals surface area contributed by atoms with Crippen LogP contribution in [0.1, 0.15) is 58.8 Å². The number of amides is 1. The molecule has 1 unspecified atom stereocenters. The third kappa shape index (κ3) is 5.56. The van der Waals surface area contributed by atoms with E-state index in [-0.39, 0.29) is 38.1 Å². The summed E-state index contributed by atoms with van der Waals surface area (Å²) in [6, 6.07) is 6.69. The zero-order chi connectivity index (χ0) is 23.9. The van der Waals surface area contributed by atoms with E-state index in [9.17, 15) is 22.8 Å². The van der Waals surface area contributed by atoms with Crippen molar-refractivity contribution in [1.82, 2.24) is 5.32 Å². The van der Waals surface area contributed by atoms with Gasteiger partial charge in [0.05, 0.1) is 26.7 Å². The fraction of sp³-hybridized carbons (Fsp3) is 0.333. The van der Waals surface area contributed by atoms with Crippen molar-refractivity contribution in [3.8, 4) is 0 Å². The SMILES string of the molecule is O=C(CC1CC1)NC1CCc2cc(C(=O)C=C(c3cc(Cl)c(Cl)c(Cl)c3)C(F)(F)F)ccc21. The topological polar surface area (TPSA) is 46.2 Å². The number of aryl methyl sites for hydroxylation is 1. The number of halogens is 6. The highest BCUT2D eigenvalue weighted by molar-refractivity contribution is 6.48. The normalized spacial score (nSPS) is 18.2. The standard InChI is InChI=1S/C24H19Cl3F3NO2/c25-18-9-15(10-19(26)23(18)27)17(24(28,29)30)11-21(32)14-3-5-16-13(8-14)4-6-20(16)31-22(33)7-12-1-2-12/h3,5,8-12,20H,1-2,4,6-7H2,(H,31,33). The molecule has 0 heterocycles. The number of nitrogens with one attached hydrogen (secondary N) is 1. The van der Waals surface area contributed by atoms with Crippen LogP contribution in [0.3, 0.4) is 0 Å². The molecule has 1 atom stereocenters. The molecule has 0 saturated heterocycles. The third-order valence-corrected chi connectivity index (χ3v) is 7.08. The van der Waals surface area contributed by atoms with Crippen LogP contribution in [-0.4, -0.2) is 17.9 Å². The van der Waals surface area contributed by atoms with Crippen LogP contribution in [0.25, 0.3) is 5.57 Å². The van der Waals surface area contributed by atoms with Gasteiger partial charge in [0.25, 0.3) is 0 Å². The summed E-state index contributed by atoms with van der Waals surface area (Å²) in [5.41, 5.74) is 0.351. The Bertz CT molecular complexity index is 1130. The molecule has 2 aromatic rings. The molecule has 2 aromatic carbocycles. The lowest BCUT2D eigenvalue weighted by atomic mass is 9.98. The van der Waals surface area contributed by atoms with Gasteiger partial charge in [0.2, 0.25) is 5.91 Å². The van der Waals surface area contributed by atoms with Crippen molar-refractivity contribution in [2.45, 2.75) is 44.3 Å². The predicted molar refractivity (Wildman–Crippen MR) is 123 cm³/mol. The molecule has 1 amide bonds. The quantitative estimate of drug-likeness (QED) is 0.247. The smallest absolute Gasteiger partial charge is 0.349 e. The van der Waals surface area contributed by atoms with Crippen LogP contribution in [0.2, 0.25) is 15.1 Å². The molecule has 3 nitrogen and oxygen atoms in total. The maximum Gasteiger partial charge on any atom is 0.417 e. The number of alkyl halides is 3. The van der Waals surface area contributed by atoms with Crippen molar-refractivity contribution >= 4 is 52.1 Å². The highest BCUT2D eigenvalue weighted by atomic mass is 35.5. The number of ketones is 1. The van der Waals surface area contributed by atoms with Crippen LogP contribution < -0.4 is 5.32 Å². The molecule has 33 heavy (non-hydrogen) atoms. The van der Waals surface area contributed by atoms with E-state index in [0.29, 0.717) is 31.3 Å². The van der Waals surface area contributed by atoms with E-state index in [1.165, 1.54) is 6.07 Å². The number of carbonyl (C=O) groups excluding carboxylic acids is 2. The van der Waals surface area contributed by atoms with Crippen LogP contribution >= 0.6 is 34.8 Å². The van der Waals surface area contributed by atoms with E-state index in [0.717, 1.165) is 36.1 Å². The maximum atomic E-state index is 13.8. The first-order valence-electron chi connectivity index (χ1n) is 10.4. The Labute approximate surface area is 203 Å². The van der Waals surface area contributed by atoms with Crippen LogP contribution in [0.4, 0.5) is 13.2 Å². The molecule has 2 aliphatic rings. The van der Waals surface area contributed by atoms with E-state index in [1.54, 1.807) is 12.1 Å². The molecule has 4 rings (SSSR count). The van der Waals surface area contributed by atoms with Gasteiger partial charge in [0.1, 0.15) is 0 Å². The van der Waals surface area contributed by atoms with Crippen molar-refractivity contribution in [3.05, 3.63) is 73.7 Å². The molecule has 174 valence electrons. The lowest BCUT2D eigenvalue weighted by Crippen LogP contribution is -2.27. The molecular formula is C24H19Cl3F3NO2. The number of allylic oxidation sites excluding steroid dienone is 2. The van der Waals surface area contributed by atoms with E-state index >= 15 is 0 Å². The summed E-state index contributed by atoms with van der Waals surface area (Å²) in [4.78, 5) is 24.9. The summed E-state index contributed by atoms with van der Waals surface area (Å²) in [7, 11) is 0. The molecule has 9 heteroatoms. The molecule has 0 aromatic heterocycles. The molecule has 0 radical (unpaired) electrons. The zero-order valence-corrected chi connectivity index (χ0v) is 19.5. The molecule has 0 aliphatic heterocycles. The summed E-state index contributed by atoms with van der Waals surface area (Å²) >= 11 is 17.6. The maximum absolute atomic E-state index is 13.8. The molecular weight excluding hydrogens is 498 g/mol. The van der Waals surface area contributed by atoms with Gasteiger partial charge < -0.3 is 5.32 Å². The average Bonchev–Trinajstić information content (AvgIpc) is 3.47. The lowest BCUT2D eigenvalue weighted by molar-refractivity contribution is -0.122. The van der Waals surface area contributed by atoms with Crippen molar-refractivity contribution in [2.75, 3.05) is 0 Å². The van der Waals surface area contributed by atoms with Gasteiger partial charge >= 0.3 is 6.18 Å². The summed E-state index contributed by atoms with van der Waals surface area (Å²) < 4.78 is 41.3. The summed E-state index contributed by atoms with van der Waals surface area (Å²) in [5, 5.41) is 2.67. The first-order chi connectivity index (χ1) is 15.5. The minimum atomic E-state index is -4.82. The number of hydrogen-bond acceptors (Lipinski definition) is 2. The number of hydrogen-bond donors (Lipinski definition) is 1. The first-order valence-corrected chi connectivity index (χ1v) is 11.6. The lowest BCUT2D eigenvalue weighted by Gasteiger charge is -2.15. The van der Waals surface area contributed by atoms with Gasteiger partial charge in [-0.15, -0.1) is 0 Å².